The molecule has 202 valence electrons. The molecule has 1 amide bonds. The van der Waals surface area contributed by atoms with Crippen LogP contribution in [0.15, 0.2) is 102 Å². The minimum Gasteiger partial charge on any atom is -0.493 e. The van der Waals surface area contributed by atoms with Gasteiger partial charge in [0.1, 0.15) is 0 Å². The van der Waals surface area contributed by atoms with E-state index >= 15 is 0 Å². The maximum atomic E-state index is 14.0. The Balaban J connectivity index is 1.72. The van der Waals surface area contributed by atoms with Gasteiger partial charge in [-0.25, -0.2) is 8.42 Å². The Morgan fingerprint density at radius 1 is 0.846 bits per heavy atom. The van der Waals surface area contributed by atoms with Crippen LogP contribution >= 0.6 is 0 Å². The van der Waals surface area contributed by atoms with E-state index in [1.54, 1.807) is 74.9 Å². The first-order valence-corrected chi connectivity index (χ1v) is 13.9. The van der Waals surface area contributed by atoms with Crippen molar-refractivity contribution < 1.29 is 22.7 Å². The first-order chi connectivity index (χ1) is 18.7. The summed E-state index contributed by atoms with van der Waals surface area (Å²) >= 11 is 0. The van der Waals surface area contributed by atoms with Crippen LogP contribution in [0.3, 0.4) is 0 Å². The van der Waals surface area contributed by atoms with E-state index in [9.17, 15) is 13.2 Å². The average molecular weight is 545 g/mol. The van der Waals surface area contributed by atoms with Crippen LogP contribution in [-0.4, -0.2) is 28.5 Å². The Morgan fingerprint density at radius 2 is 1.49 bits per heavy atom. The fourth-order valence-corrected chi connectivity index (χ4v) is 5.72. The number of methoxy groups -OCH3 is 2. The van der Waals surface area contributed by atoms with Crippen molar-refractivity contribution in [3.05, 3.63) is 119 Å². The third kappa shape index (κ3) is 6.23. The molecule has 4 rings (SSSR count). The molecule has 0 saturated heterocycles. The van der Waals surface area contributed by atoms with Crippen molar-refractivity contribution >= 4 is 21.6 Å². The SMILES string of the molecule is COc1ccc([C@H](C)NC(=O)c2ccccc2N(Cc2ccccc2)S(=O)(=O)c2ccc(C)cc2)cc1OC. The molecule has 0 aliphatic heterocycles. The Morgan fingerprint density at radius 3 is 2.15 bits per heavy atom. The molecule has 0 aliphatic carbocycles. The second kappa shape index (κ2) is 12.0. The monoisotopic (exact) mass is 544 g/mol. The second-order valence-corrected chi connectivity index (χ2v) is 11.0. The topological polar surface area (TPSA) is 84.9 Å². The van der Waals surface area contributed by atoms with Gasteiger partial charge in [0.15, 0.2) is 11.5 Å². The fraction of sp³-hybridized carbons (Fsp3) is 0.194. The van der Waals surface area contributed by atoms with E-state index in [4.69, 9.17) is 9.47 Å². The van der Waals surface area contributed by atoms with Crippen LogP contribution in [-0.2, 0) is 16.6 Å². The van der Waals surface area contributed by atoms with Crippen LogP contribution in [0.2, 0.25) is 0 Å². The number of aryl methyl sites for hydroxylation is 1. The summed E-state index contributed by atoms with van der Waals surface area (Å²) in [5, 5.41) is 3.00. The Bertz CT molecular complexity index is 1540. The molecule has 0 aromatic heterocycles. The van der Waals surface area contributed by atoms with E-state index in [2.05, 4.69) is 5.32 Å². The molecule has 0 unspecified atom stereocenters. The lowest BCUT2D eigenvalue weighted by Gasteiger charge is -2.27. The summed E-state index contributed by atoms with van der Waals surface area (Å²) in [7, 11) is -0.886. The number of carbonyl (C=O) groups excluding carboxylic acids is 1. The molecule has 0 aliphatic rings. The highest BCUT2D eigenvalue weighted by molar-refractivity contribution is 7.92. The van der Waals surface area contributed by atoms with Crippen molar-refractivity contribution in [2.24, 2.45) is 0 Å². The molecule has 0 saturated carbocycles. The summed E-state index contributed by atoms with van der Waals surface area (Å²) < 4.78 is 39.9. The number of carbonyl (C=O) groups is 1. The number of hydrogen-bond acceptors (Lipinski definition) is 5. The van der Waals surface area contributed by atoms with Crippen molar-refractivity contribution in [2.75, 3.05) is 18.5 Å². The van der Waals surface area contributed by atoms with E-state index in [0.29, 0.717) is 17.2 Å². The third-order valence-corrected chi connectivity index (χ3v) is 8.22. The van der Waals surface area contributed by atoms with Crippen molar-refractivity contribution in [1.82, 2.24) is 5.32 Å². The lowest BCUT2D eigenvalue weighted by Crippen LogP contribution is -2.34. The molecule has 1 N–H and O–H groups in total. The Kier molecular flexibility index (Phi) is 8.56. The summed E-state index contributed by atoms with van der Waals surface area (Å²) in [4.78, 5) is 13.8. The van der Waals surface area contributed by atoms with Crippen LogP contribution in [0, 0.1) is 6.92 Å². The van der Waals surface area contributed by atoms with Gasteiger partial charge >= 0.3 is 0 Å². The molecule has 4 aromatic rings. The molecule has 0 heterocycles. The molecule has 0 radical (unpaired) electrons. The predicted octanol–water partition coefficient (Wildman–Crippen LogP) is 5.90. The molecule has 7 nitrogen and oxygen atoms in total. The summed E-state index contributed by atoms with van der Waals surface area (Å²) in [5.41, 5.74) is 3.09. The summed E-state index contributed by atoms with van der Waals surface area (Å²) in [6.07, 6.45) is 0. The van der Waals surface area contributed by atoms with Crippen LogP contribution in [0.5, 0.6) is 11.5 Å². The normalized spacial score (nSPS) is 11.9. The van der Waals surface area contributed by atoms with Crippen LogP contribution in [0.1, 0.15) is 40.0 Å². The number of nitrogens with one attached hydrogen (secondary N) is 1. The number of nitrogens with zero attached hydrogens (tertiary/aromatic N) is 1. The van der Waals surface area contributed by atoms with Gasteiger partial charge in [-0.1, -0.05) is 66.2 Å². The van der Waals surface area contributed by atoms with Crippen molar-refractivity contribution in [3.63, 3.8) is 0 Å². The quantitative estimate of drug-likeness (QED) is 0.269. The van der Waals surface area contributed by atoms with Gasteiger partial charge in [-0.05, 0) is 61.4 Å². The molecule has 1 atom stereocenters. The van der Waals surface area contributed by atoms with Gasteiger partial charge in [-0.3, -0.25) is 9.10 Å². The third-order valence-electron chi connectivity index (χ3n) is 6.45. The molecule has 39 heavy (non-hydrogen) atoms. The van der Waals surface area contributed by atoms with Gasteiger partial charge in [-0.15, -0.1) is 0 Å². The number of para-hydroxylation sites is 1. The molecule has 0 spiro atoms. The number of rotatable bonds is 10. The largest absolute Gasteiger partial charge is 0.493 e. The highest BCUT2D eigenvalue weighted by atomic mass is 32.2. The zero-order valence-electron chi connectivity index (χ0n) is 22.4. The molecule has 4 aromatic carbocycles. The smallest absolute Gasteiger partial charge is 0.264 e. The molecule has 8 heteroatoms. The minimum atomic E-state index is -4.00. The first kappa shape index (κ1) is 27.7. The molecule has 0 bridgehead atoms. The lowest BCUT2D eigenvalue weighted by molar-refractivity contribution is 0.0940. The second-order valence-electron chi connectivity index (χ2n) is 9.14. The maximum Gasteiger partial charge on any atom is 0.264 e. The van der Waals surface area contributed by atoms with Crippen molar-refractivity contribution in [1.29, 1.82) is 0 Å². The van der Waals surface area contributed by atoms with E-state index in [1.165, 1.54) is 4.31 Å². The maximum absolute atomic E-state index is 14.0. The molecule has 0 fully saturated rings. The lowest BCUT2D eigenvalue weighted by atomic mass is 10.1. The van der Waals surface area contributed by atoms with E-state index in [-0.39, 0.29) is 23.0 Å². The van der Waals surface area contributed by atoms with Gasteiger partial charge in [-0.2, -0.15) is 0 Å². The zero-order chi connectivity index (χ0) is 28.0. The zero-order valence-corrected chi connectivity index (χ0v) is 23.2. The van der Waals surface area contributed by atoms with Crippen LogP contribution in [0.25, 0.3) is 0 Å². The van der Waals surface area contributed by atoms with Crippen LogP contribution in [0.4, 0.5) is 5.69 Å². The summed E-state index contributed by atoms with van der Waals surface area (Å²) in [5.74, 6) is 0.739. The summed E-state index contributed by atoms with van der Waals surface area (Å²) in [6, 6.07) is 27.8. The van der Waals surface area contributed by atoms with E-state index in [1.807, 2.05) is 50.2 Å². The number of amides is 1. The number of hydrogen-bond donors (Lipinski definition) is 1. The Hall–Kier alpha value is -4.30. The highest BCUT2D eigenvalue weighted by Gasteiger charge is 2.29. The van der Waals surface area contributed by atoms with Gasteiger partial charge < -0.3 is 14.8 Å². The van der Waals surface area contributed by atoms with Gasteiger partial charge in [0.2, 0.25) is 0 Å². The first-order valence-electron chi connectivity index (χ1n) is 12.5. The van der Waals surface area contributed by atoms with Gasteiger partial charge in [0.25, 0.3) is 15.9 Å². The number of anilines is 1. The predicted molar refractivity (Wildman–Crippen MR) is 153 cm³/mol. The van der Waals surface area contributed by atoms with E-state index in [0.717, 1.165) is 16.7 Å². The number of sulfonamides is 1. The van der Waals surface area contributed by atoms with Crippen LogP contribution < -0.4 is 19.1 Å². The van der Waals surface area contributed by atoms with Gasteiger partial charge in [0, 0.05) is 0 Å². The number of ether oxygens (including phenoxy) is 2. The molecular formula is C31H32N2O5S. The number of benzene rings is 4. The average Bonchev–Trinajstić information content (AvgIpc) is 2.96. The standard InChI is InChI=1S/C31H32N2O5S/c1-22-14-17-26(18-15-22)39(35,36)33(21-24-10-6-5-7-11-24)28-13-9-8-12-27(28)31(34)32-23(2)25-16-19-29(37-3)30(20-25)38-4/h5-20,23H,21H2,1-4H3,(H,32,34)/t23-/m0/s1. The summed E-state index contributed by atoms with van der Waals surface area (Å²) in [6.45, 7) is 3.82. The van der Waals surface area contributed by atoms with Crippen molar-refractivity contribution in [3.8, 4) is 11.5 Å². The van der Waals surface area contributed by atoms with Gasteiger partial charge in [0.05, 0.1) is 43.0 Å². The van der Waals surface area contributed by atoms with Crippen molar-refractivity contribution in [2.45, 2.75) is 31.3 Å². The molecular weight excluding hydrogens is 512 g/mol. The minimum absolute atomic E-state index is 0.0621. The highest BCUT2D eigenvalue weighted by Crippen LogP contribution is 2.32. The fourth-order valence-electron chi connectivity index (χ4n) is 4.25. The van der Waals surface area contributed by atoms with E-state index < -0.39 is 15.9 Å². The Labute approximate surface area is 230 Å².